The fraction of sp³-hybridized carbons (Fsp3) is 0.533. The highest BCUT2D eigenvalue weighted by atomic mass is 16.5. The van der Waals surface area contributed by atoms with Gasteiger partial charge in [-0.25, -0.2) is 0 Å². The Hall–Kier alpha value is -2.39. The molecule has 128 valence electrons. The molecule has 1 saturated heterocycles. The Labute approximate surface area is 139 Å². The summed E-state index contributed by atoms with van der Waals surface area (Å²) in [7, 11) is 0. The Kier molecular flexibility index (Phi) is 3.95. The topological polar surface area (TPSA) is 106 Å². The van der Waals surface area contributed by atoms with Crippen molar-refractivity contribution in [2.24, 2.45) is 0 Å². The first kappa shape index (κ1) is 15.2. The van der Waals surface area contributed by atoms with Crippen molar-refractivity contribution >= 4 is 17.6 Å². The summed E-state index contributed by atoms with van der Waals surface area (Å²) < 4.78 is 7.23. The first-order valence-corrected chi connectivity index (χ1v) is 8.11. The maximum absolute atomic E-state index is 9.14. The molecule has 3 N–H and O–H groups in total. The molecule has 4 rings (SSSR count). The standard InChI is InChI=1S/C15H21N7O2/c16-13-7-14(19-15(18-13)20-2-5-24-6-3-20)21-9-11-8-17-22(1-4-23)12(11)10-21/h7-8,23H,1-6,9-10H2,(H2,16,18,19). The number of aliphatic hydroxyl groups is 1. The highest BCUT2D eigenvalue weighted by molar-refractivity contribution is 5.54. The molecule has 0 atom stereocenters. The maximum Gasteiger partial charge on any atom is 0.229 e. The highest BCUT2D eigenvalue weighted by Gasteiger charge is 2.26. The number of aromatic nitrogens is 4. The molecule has 2 aromatic rings. The van der Waals surface area contributed by atoms with Gasteiger partial charge in [0.25, 0.3) is 0 Å². The summed E-state index contributed by atoms with van der Waals surface area (Å²) in [5, 5.41) is 13.5. The Morgan fingerprint density at radius 1 is 1.17 bits per heavy atom. The van der Waals surface area contributed by atoms with E-state index in [1.54, 1.807) is 6.07 Å². The van der Waals surface area contributed by atoms with E-state index in [9.17, 15) is 0 Å². The van der Waals surface area contributed by atoms with Gasteiger partial charge in [0.2, 0.25) is 5.95 Å². The molecule has 0 aliphatic carbocycles. The number of hydrogen-bond donors (Lipinski definition) is 2. The third-order valence-electron chi connectivity index (χ3n) is 4.39. The van der Waals surface area contributed by atoms with Crippen molar-refractivity contribution in [1.82, 2.24) is 19.7 Å². The molecule has 2 aromatic heterocycles. The second-order valence-corrected chi connectivity index (χ2v) is 5.97. The number of hydrogen-bond acceptors (Lipinski definition) is 8. The predicted octanol–water partition coefficient (Wildman–Crippen LogP) is -0.396. The lowest BCUT2D eigenvalue weighted by Crippen LogP contribution is -2.37. The minimum absolute atomic E-state index is 0.0791. The molecule has 0 spiro atoms. The number of nitrogens with zero attached hydrogens (tertiary/aromatic N) is 6. The van der Waals surface area contributed by atoms with Crippen LogP contribution in [-0.2, 0) is 24.4 Å². The molecule has 9 heteroatoms. The van der Waals surface area contributed by atoms with Crippen molar-refractivity contribution in [1.29, 1.82) is 0 Å². The van der Waals surface area contributed by atoms with E-state index >= 15 is 0 Å². The molecule has 1 fully saturated rings. The van der Waals surface area contributed by atoms with Crippen LogP contribution < -0.4 is 15.5 Å². The zero-order valence-corrected chi connectivity index (χ0v) is 13.4. The van der Waals surface area contributed by atoms with Crippen molar-refractivity contribution in [3.05, 3.63) is 23.5 Å². The van der Waals surface area contributed by atoms with E-state index in [-0.39, 0.29) is 6.61 Å². The lowest BCUT2D eigenvalue weighted by atomic mass is 10.3. The van der Waals surface area contributed by atoms with Gasteiger partial charge in [-0.3, -0.25) is 4.68 Å². The third kappa shape index (κ3) is 2.76. The lowest BCUT2D eigenvalue weighted by Gasteiger charge is -2.28. The number of fused-ring (bicyclic) bond motifs is 1. The quantitative estimate of drug-likeness (QED) is 0.780. The van der Waals surface area contributed by atoms with Gasteiger partial charge >= 0.3 is 0 Å². The summed E-state index contributed by atoms with van der Waals surface area (Å²) in [4.78, 5) is 13.3. The molecule has 0 unspecified atom stereocenters. The first-order chi connectivity index (χ1) is 11.7. The average molecular weight is 331 g/mol. The van der Waals surface area contributed by atoms with Crippen LogP contribution in [-0.4, -0.2) is 57.8 Å². The van der Waals surface area contributed by atoms with Gasteiger partial charge in [-0.1, -0.05) is 0 Å². The molecule has 0 saturated carbocycles. The molecule has 4 heterocycles. The van der Waals surface area contributed by atoms with Crippen molar-refractivity contribution in [3.63, 3.8) is 0 Å². The number of ether oxygens (including phenoxy) is 1. The molecule has 9 nitrogen and oxygen atoms in total. The lowest BCUT2D eigenvalue weighted by molar-refractivity contribution is 0.122. The molecule has 2 aliphatic heterocycles. The van der Waals surface area contributed by atoms with Crippen LogP contribution in [0.25, 0.3) is 0 Å². The van der Waals surface area contributed by atoms with Gasteiger partial charge in [0, 0.05) is 31.3 Å². The molecule has 2 aliphatic rings. The number of anilines is 3. The molecule has 0 amide bonds. The Bertz CT molecular complexity index is 727. The molecule has 24 heavy (non-hydrogen) atoms. The minimum atomic E-state index is 0.0791. The van der Waals surface area contributed by atoms with Crippen LogP contribution in [0.15, 0.2) is 12.3 Å². The number of nitrogens with two attached hydrogens (primary N) is 1. The van der Waals surface area contributed by atoms with Crippen LogP contribution in [0.3, 0.4) is 0 Å². The summed E-state index contributed by atoms with van der Waals surface area (Å²) in [6.45, 7) is 4.93. The summed E-state index contributed by atoms with van der Waals surface area (Å²) in [5.74, 6) is 1.94. The minimum Gasteiger partial charge on any atom is -0.394 e. The molecule has 0 radical (unpaired) electrons. The van der Waals surface area contributed by atoms with Gasteiger partial charge in [0.05, 0.1) is 44.8 Å². The third-order valence-corrected chi connectivity index (χ3v) is 4.39. The van der Waals surface area contributed by atoms with Crippen LogP contribution in [0.2, 0.25) is 0 Å². The van der Waals surface area contributed by atoms with Crippen LogP contribution >= 0.6 is 0 Å². The second kappa shape index (κ2) is 6.25. The Balaban J connectivity index is 1.57. The molecule has 0 bridgehead atoms. The summed E-state index contributed by atoms with van der Waals surface area (Å²) in [5.41, 5.74) is 8.29. The molecule has 0 aromatic carbocycles. The van der Waals surface area contributed by atoms with E-state index in [4.69, 9.17) is 20.6 Å². The van der Waals surface area contributed by atoms with Crippen LogP contribution in [0.5, 0.6) is 0 Å². The first-order valence-electron chi connectivity index (χ1n) is 8.11. The van der Waals surface area contributed by atoms with Crippen molar-refractivity contribution in [2.45, 2.75) is 19.6 Å². The zero-order valence-electron chi connectivity index (χ0n) is 13.4. The average Bonchev–Trinajstić information content (AvgIpc) is 3.17. The molecular formula is C15H21N7O2. The van der Waals surface area contributed by atoms with E-state index in [0.717, 1.165) is 36.7 Å². The Morgan fingerprint density at radius 3 is 2.79 bits per heavy atom. The van der Waals surface area contributed by atoms with E-state index < -0.39 is 0 Å². The number of aliphatic hydroxyl groups excluding tert-OH is 1. The fourth-order valence-corrected chi connectivity index (χ4v) is 3.16. The van der Waals surface area contributed by atoms with Crippen LogP contribution in [0.1, 0.15) is 11.3 Å². The van der Waals surface area contributed by atoms with Crippen molar-refractivity contribution < 1.29 is 9.84 Å². The van der Waals surface area contributed by atoms with Crippen molar-refractivity contribution in [2.75, 3.05) is 48.4 Å². The van der Waals surface area contributed by atoms with E-state index in [2.05, 4.69) is 19.9 Å². The van der Waals surface area contributed by atoms with Crippen LogP contribution in [0, 0.1) is 0 Å². The number of rotatable bonds is 4. The fourth-order valence-electron chi connectivity index (χ4n) is 3.16. The largest absolute Gasteiger partial charge is 0.394 e. The van der Waals surface area contributed by atoms with E-state index in [1.807, 2.05) is 10.9 Å². The SMILES string of the molecule is Nc1cc(N2Cc3cnn(CCO)c3C2)nc(N2CCOCC2)n1. The number of morpholine rings is 1. The predicted molar refractivity (Wildman–Crippen MR) is 88.7 cm³/mol. The van der Waals surface area contributed by atoms with Crippen molar-refractivity contribution in [3.8, 4) is 0 Å². The summed E-state index contributed by atoms with van der Waals surface area (Å²) in [6.07, 6.45) is 1.86. The maximum atomic E-state index is 9.14. The number of nitrogen functional groups attached to an aromatic ring is 1. The van der Waals surface area contributed by atoms with Gasteiger partial charge in [-0.15, -0.1) is 0 Å². The smallest absolute Gasteiger partial charge is 0.229 e. The monoisotopic (exact) mass is 331 g/mol. The Morgan fingerprint density at radius 2 is 2.00 bits per heavy atom. The van der Waals surface area contributed by atoms with Gasteiger partial charge in [-0.05, 0) is 0 Å². The zero-order chi connectivity index (χ0) is 16.5. The van der Waals surface area contributed by atoms with Crippen LogP contribution in [0.4, 0.5) is 17.6 Å². The van der Waals surface area contributed by atoms with Gasteiger partial charge in [-0.2, -0.15) is 15.1 Å². The van der Waals surface area contributed by atoms with E-state index in [1.165, 1.54) is 0 Å². The summed E-state index contributed by atoms with van der Waals surface area (Å²) >= 11 is 0. The summed E-state index contributed by atoms with van der Waals surface area (Å²) in [6, 6.07) is 1.81. The van der Waals surface area contributed by atoms with Gasteiger partial charge < -0.3 is 25.4 Å². The normalized spacial score (nSPS) is 17.4. The van der Waals surface area contributed by atoms with Gasteiger partial charge in [0.1, 0.15) is 11.6 Å². The second-order valence-electron chi connectivity index (χ2n) is 5.97. The van der Waals surface area contributed by atoms with E-state index in [0.29, 0.717) is 38.1 Å². The molecular weight excluding hydrogens is 310 g/mol. The van der Waals surface area contributed by atoms with Gasteiger partial charge in [0.15, 0.2) is 0 Å². The highest BCUT2D eigenvalue weighted by Crippen LogP contribution is 2.29.